The van der Waals surface area contributed by atoms with Crippen LogP contribution in [-0.4, -0.2) is 31.2 Å². The first-order valence-electron chi connectivity index (χ1n) is 4.66. The van der Waals surface area contributed by atoms with Gasteiger partial charge in [0, 0.05) is 25.4 Å². The molecule has 0 fully saturated rings. The lowest BCUT2D eigenvalue weighted by Gasteiger charge is -2.35. The van der Waals surface area contributed by atoms with Crippen LogP contribution in [0.5, 0.6) is 0 Å². The van der Waals surface area contributed by atoms with E-state index in [0.29, 0.717) is 6.42 Å². The molecule has 0 spiro atoms. The van der Waals surface area contributed by atoms with Crippen molar-refractivity contribution in [3.8, 4) is 0 Å². The molecule has 0 saturated heterocycles. The second-order valence-electron chi connectivity index (χ2n) is 4.46. The maximum absolute atomic E-state index is 10.1. The van der Waals surface area contributed by atoms with Gasteiger partial charge >= 0.3 is 0 Å². The second-order valence-corrected chi connectivity index (χ2v) is 4.46. The van der Waals surface area contributed by atoms with Crippen LogP contribution in [0.4, 0.5) is 0 Å². The first-order valence-corrected chi connectivity index (χ1v) is 4.66. The van der Waals surface area contributed by atoms with Gasteiger partial charge in [0.15, 0.2) is 0 Å². The predicted molar refractivity (Wildman–Crippen MR) is 53.8 cm³/mol. The highest BCUT2D eigenvalue weighted by Gasteiger charge is 2.38. The van der Waals surface area contributed by atoms with Crippen molar-refractivity contribution in [2.45, 2.75) is 38.4 Å². The van der Waals surface area contributed by atoms with E-state index in [4.69, 9.17) is 0 Å². The van der Waals surface area contributed by atoms with Gasteiger partial charge in [-0.3, -0.25) is 4.68 Å². The molecule has 1 aromatic rings. The Kier molecular flexibility index (Phi) is 2.69. The van der Waals surface area contributed by atoms with Crippen LogP contribution in [0.1, 0.15) is 26.5 Å². The molecule has 1 atom stereocenters. The highest BCUT2D eigenvalue weighted by Crippen LogP contribution is 2.25. The highest BCUT2D eigenvalue weighted by molar-refractivity contribution is 5.07. The minimum atomic E-state index is -1.15. The summed E-state index contributed by atoms with van der Waals surface area (Å²) < 4.78 is 1.69. The summed E-state index contributed by atoms with van der Waals surface area (Å²) in [4.78, 5) is 0. The summed E-state index contributed by atoms with van der Waals surface area (Å²) in [7, 11) is 1.82. The van der Waals surface area contributed by atoms with Crippen molar-refractivity contribution >= 4 is 0 Å². The molecular formula is C10H18N2O2. The topological polar surface area (TPSA) is 58.3 Å². The summed E-state index contributed by atoms with van der Waals surface area (Å²) in [6.07, 6.45) is 2.06. The first kappa shape index (κ1) is 11.2. The SMILES string of the molecule is Cn1nccc1CC(C)(O)C(C)(C)O. The normalized spacial score (nSPS) is 16.7. The van der Waals surface area contributed by atoms with Crippen LogP contribution in [0.15, 0.2) is 12.3 Å². The molecule has 0 aliphatic heterocycles. The molecule has 0 aromatic carbocycles. The van der Waals surface area contributed by atoms with Crippen LogP contribution in [0.2, 0.25) is 0 Å². The maximum Gasteiger partial charge on any atom is 0.0954 e. The van der Waals surface area contributed by atoms with Gasteiger partial charge in [-0.05, 0) is 26.8 Å². The Morgan fingerprint density at radius 1 is 1.36 bits per heavy atom. The predicted octanol–water partition coefficient (Wildman–Crippen LogP) is 0.484. The number of nitrogens with zero attached hydrogens (tertiary/aromatic N) is 2. The molecule has 0 aliphatic rings. The Balaban J connectivity index is 2.84. The molecule has 0 aliphatic carbocycles. The molecule has 4 nitrogen and oxygen atoms in total. The van der Waals surface area contributed by atoms with Crippen molar-refractivity contribution in [2.24, 2.45) is 7.05 Å². The van der Waals surface area contributed by atoms with Gasteiger partial charge in [0.2, 0.25) is 0 Å². The van der Waals surface area contributed by atoms with Gasteiger partial charge in [-0.1, -0.05) is 0 Å². The summed E-state index contributed by atoms with van der Waals surface area (Å²) in [6, 6.07) is 1.83. The van der Waals surface area contributed by atoms with Gasteiger partial charge in [-0.15, -0.1) is 0 Å². The van der Waals surface area contributed by atoms with Crippen LogP contribution in [0.3, 0.4) is 0 Å². The molecule has 80 valence electrons. The minimum absolute atomic E-state index is 0.382. The van der Waals surface area contributed by atoms with Crippen molar-refractivity contribution < 1.29 is 10.2 Å². The van der Waals surface area contributed by atoms with E-state index in [9.17, 15) is 10.2 Å². The molecule has 0 amide bonds. The van der Waals surface area contributed by atoms with Crippen molar-refractivity contribution in [2.75, 3.05) is 0 Å². The largest absolute Gasteiger partial charge is 0.387 e. The van der Waals surface area contributed by atoms with Crippen LogP contribution in [0.25, 0.3) is 0 Å². The lowest BCUT2D eigenvalue weighted by atomic mass is 9.84. The Labute approximate surface area is 84.2 Å². The molecule has 1 unspecified atom stereocenters. The summed E-state index contributed by atoms with van der Waals surface area (Å²) >= 11 is 0. The summed E-state index contributed by atoms with van der Waals surface area (Å²) in [6.45, 7) is 4.83. The Hall–Kier alpha value is -0.870. The summed E-state index contributed by atoms with van der Waals surface area (Å²) in [5.41, 5.74) is -1.38. The van der Waals surface area contributed by atoms with E-state index >= 15 is 0 Å². The van der Waals surface area contributed by atoms with Gasteiger partial charge in [-0.2, -0.15) is 5.10 Å². The van der Waals surface area contributed by atoms with Gasteiger partial charge in [0.05, 0.1) is 11.2 Å². The highest BCUT2D eigenvalue weighted by atomic mass is 16.4. The molecular weight excluding hydrogens is 180 g/mol. The van der Waals surface area contributed by atoms with Crippen molar-refractivity contribution in [3.05, 3.63) is 18.0 Å². The van der Waals surface area contributed by atoms with E-state index in [1.165, 1.54) is 0 Å². The standard InChI is InChI=1S/C10H18N2O2/c1-9(2,13)10(3,14)7-8-5-6-11-12(8)4/h5-6,13-14H,7H2,1-4H3. The quantitative estimate of drug-likeness (QED) is 0.743. The Morgan fingerprint density at radius 3 is 2.29 bits per heavy atom. The third-order valence-corrected chi connectivity index (χ3v) is 2.77. The van der Waals surface area contributed by atoms with Crippen LogP contribution >= 0.6 is 0 Å². The number of aliphatic hydroxyl groups is 2. The Bertz CT molecular complexity index is 310. The fourth-order valence-electron chi connectivity index (χ4n) is 1.14. The number of rotatable bonds is 3. The van der Waals surface area contributed by atoms with Crippen LogP contribution in [-0.2, 0) is 13.5 Å². The molecule has 14 heavy (non-hydrogen) atoms. The zero-order valence-corrected chi connectivity index (χ0v) is 9.15. The summed E-state index contributed by atoms with van der Waals surface area (Å²) in [5.74, 6) is 0. The third kappa shape index (κ3) is 2.13. The maximum atomic E-state index is 10.1. The van der Waals surface area contributed by atoms with Crippen LogP contribution in [0, 0.1) is 0 Å². The number of aromatic nitrogens is 2. The zero-order chi connectivity index (χ0) is 11.0. The van der Waals surface area contributed by atoms with Crippen molar-refractivity contribution in [1.82, 2.24) is 9.78 Å². The number of aryl methyl sites for hydroxylation is 1. The van der Waals surface area contributed by atoms with Crippen LogP contribution < -0.4 is 0 Å². The van der Waals surface area contributed by atoms with E-state index in [2.05, 4.69) is 5.10 Å². The first-order chi connectivity index (χ1) is 6.24. The number of hydrogen-bond donors (Lipinski definition) is 2. The smallest absolute Gasteiger partial charge is 0.0954 e. The minimum Gasteiger partial charge on any atom is -0.387 e. The van der Waals surface area contributed by atoms with E-state index in [1.54, 1.807) is 31.6 Å². The van der Waals surface area contributed by atoms with E-state index < -0.39 is 11.2 Å². The third-order valence-electron chi connectivity index (χ3n) is 2.77. The van der Waals surface area contributed by atoms with Gasteiger partial charge in [0.1, 0.15) is 0 Å². The molecule has 2 N–H and O–H groups in total. The van der Waals surface area contributed by atoms with Crippen molar-refractivity contribution in [1.29, 1.82) is 0 Å². The lowest BCUT2D eigenvalue weighted by Crippen LogP contribution is -2.49. The fourth-order valence-corrected chi connectivity index (χ4v) is 1.14. The molecule has 0 saturated carbocycles. The fraction of sp³-hybridized carbons (Fsp3) is 0.700. The molecule has 1 rings (SSSR count). The van der Waals surface area contributed by atoms with Gasteiger partial charge in [-0.25, -0.2) is 0 Å². The average molecular weight is 198 g/mol. The van der Waals surface area contributed by atoms with Crippen molar-refractivity contribution in [3.63, 3.8) is 0 Å². The molecule has 4 heteroatoms. The molecule has 1 heterocycles. The lowest BCUT2D eigenvalue weighted by molar-refractivity contribution is -0.119. The molecule has 0 radical (unpaired) electrons. The number of hydrogen-bond acceptors (Lipinski definition) is 3. The van der Waals surface area contributed by atoms with E-state index in [1.807, 2.05) is 13.1 Å². The molecule has 0 bridgehead atoms. The van der Waals surface area contributed by atoms with E-state index in [0.717, 1.165) is 5.69 Å². The molecule has 1 aromatic heterocycles. The summed E-state index contributed by atoms with van der Waals surface area (Å²) in [5, 5.41) is 23.8. The van der Waals surface area contributed by atoms with Gasteiger partial charge < -0.3 is 10.2 Å². The second kappa shape index (κ2) is 3.37. The van der Waals surface area contributed by atoms with E-state index in [-0.39, 0.29) is 0 Å². The monoisotopic (exact) mass is 198 g/mol. The Morgan fingerprint density at radius 2 is 1.93 bits per heavy atom. The average Bonchev–Trinajstić information content (AvgIpc) is 2.33. The van der Waals surface area contributed by atoms with Gasteiger partial charge in [0.25, 0.3) is 0 Å². The zero-order valence-electron chi connectivity index (χ0n) is 9.15.